The predicted molar refractivity (Wildman–Crippen MR) is 107 cm³/mol. The van der Waals surface area contributed by atoms with E-state index in [9.17, 15) is 19.7 Å². The van der Waals surface area contributed by atoms with Crippen LogP contribution in [0.25, 0.3) is 0 Å². The Morgan fingerprint density at radius 3 is 2.34 bits per heavy atom. The molecule has 3 rings (SSSR count). The normalized spacial score (nSPS) is 10.5. The number of benzene rings is 2. The Kier molecular flexibility index (Phi) is 6.01. The molecule has 0 unspecified atom stereocenters. The number of nitrogens with zero attached hydrogens (tertiary/aromatic N) is 3. The summed E-state index contributed by atoms with van der Waals surface area (Å²) in [6.45, 7) is 0. The summed E-state index contributed by atoms with van der Waals surface area (Å²) in [6, 6.07) is 15.1. The molecule has 2 N–H and O–H groups in total. The molecule has 0 aliphatic rings. The molecule has 29 heavy (non-hydrogen) atoms. The third-order valence-electron chi connectivity index (χ3n) is 3.85. The Balaban J connectivity index is 1.71. The number of nitro benzene ring substituents is 1. The number of carbonyl (C=O) groups is 2. The molecule has 0 saturated carbocycles. The molecule has 0 saturated heterocycles. The third kappa shape index (κ3) is 5.07. The van der Waals surface area contributed by atoms with Crippen molar-refractivity contribution >= 4 is 29.4 Å². The van der Waals surface area contributed by atoms with Crippen LogP contribution in [0.2, 0.25) is 0 Å². The SMILES string of the molecule is O=C(Nc1ccccc1C(=O)N/N=C/c1ccncc1)c1ccc([N+](=O)[O-])cc1. The second kappa shape index (κ2) is 9.00. The number of anilines is 1. The van der Waals surface area contributed by atoms with Crippen LogP contribution in [0.3, 0.4) is 0 Å². The second-order valence-corrected chi connectivity index (χ2v) is 5.78. The highest BCUT2D eigenvalue weighted by Crippen LogP contribution is 2.18. The number of amides is 2. The van der Waals surface area contributed by atoms with Gasteiger partial charge in [-0.25, -0.2) is 5.43 Å². The summed E-state index contributed by atoms with van der Waals surface area (Å²) in [5, 5.41) is 17.2. The first-order valence-electron chi connectivity index (χ1n) is 8.43. The maximum atomic E-state index is 12.4. The van der Waals surface area contributed by atoms with Crippen molar-refractivity contribution < 1.29 is 14.5 Å². The largest absolute Gasteiger partial charge is 0.321 e. The summed E-state index contributed by atoms with van der Waals surface area (Å²) < 4.78 is 0. The number of hydrogen-bond acceptors (Lipinski definition) is 6. The lowest BCUT2D eigenvalue weighted by molar-refractivity contribution is -0.384. The van der Waals surface area contributed by atoms with Gasteiger partial charge in [-0.3, -0.25) is 24.7 Å². The van der Waals surface area contributed by atoms with E-state index in [1.165, 1.54) is 30.5 Å². The molecule has 2 amide bonds. The number of carbonyl (C=O) groups excluding carboxylic acids is 2. The van der Waals surface area contributed by atoms with Crippen molar-refractivity contribution in [1.82, 2.24) is 10.4 Å². The first-order chi connectivity index (χ1) is 14.0. The zero-order valence-electron chi connectivity index (χ0n) is 15.0. The van der Waals surface area contributed by atoms with Crippen LogP contribution in [0.15, 0.2) is 78.2 Å². The van der Waals surface area contributed by atoms with Gasteiger partial charge in [-0.05, 0) is 42.0 Å². The first kappa shape index (κ1) is 19.4. The number of rotatable bonds is 6. The predicted octanol–water partition coefficient (Wildman–Crippen LogP) is 3.01. The van der Waals surface area contributed by atoms with E-state index in [-0.39, 0.29) is 22.5 Å². The molecule has 0 atom stereocenters. The van der Waals surface area contributed by atoms with Gasteiger partial charge in [-0.2, -0.15) is 5.10 Å². The lowest BCUT2D eigenvalue weighted by Crippen LogP contribution is -2.21. The van der Waals surface area contributed by atoms with Crippen LogP contribution in [0.4, 0.5) is 11.4 Å². The lowest BCUT2D eigenvalue weighted by Gasteiger charge is -2.10. The Labute approximate surface area is 165 Å². The number of pyridine rings is 1. The van der Waals surface area contributed by atoms with Crippen molar-refractivity contribution in [2.75, 3.05) is 5.32 Å². The average molecular weight is 389 g/mol. The Morgan fingerprint density at radius 2 is 1.66 bits per heavy atom. The van der Waals surface area contributed by atoms with Crippen LogP contribution in [-0.4, -0.2) is 27.9 Å². The van der Waals surface area contributed by atoms with Gasteiger partial charge in [0.25, 0.3) is 17.5 Å². The summed E-state index contributed by atoms with van der Waals surface area (Å²) in [7, 11) is 0. The van der Waals surface area contributed by atoms with Crippen LogP contribution >= 0.6 is 0 Å². The van der Waals surface area contributed by atoms with Crippen molar-refractivity contribution in [3.63, 3.8) is 0 Å². The molecule has 2 aromatic carbocycles. The van der Waals surface area contributed by atoms with E-state index in [1.54, 1.807) is 48.8 Å². The van der Waals surface area contributed by atoms with E-state index in [0.29, 0.717) is 0 Å². The molecule has 0 spiro atoms. The van der Waals surface area contributed by atoms with E-state index in [0.717, 1.165) is 5.56 Å². The summed E-state index contributed by atoms with van der Waals surface area (Å²) in [4.78, 5) is 38.9. The van der Waals surface area contributed by atoms with Crippen molar-refractivity contribution in [2.24, 2.45) is 5.10 Å². The van der Waals surface area contributed by atoms with Gasteiger partial charge in [-0.1, -0.05) is 12.1 Å². The zero-order chi connectivity index (χ0) is 20.6. The topological polar surface area (TPSA) is 127 Å². The molecule has 3 aromatic rings. The summed E-state index contributed by atoms with van der Waals surface area (Å²) in [5.74, 6) is -1.00. The monoisotopic (exact) mass is 389 g/mol. The van der Waals surface area contributed by atoms with Gasteiger partial charge >= 0.3 is 0 Å². The van der Waals surface area contributed by atoms with Crippen molar-refractivity contribution in [2.45, 2.75) is 0 Å². The second-order valence-electron chi connectivity index (χ2n) is 5.78. The van der Waals surface area contributed by atoms with Gasteiger partial charge in [0.1, 0.15) is 0 Å². The summed E-state index contributed by atoms with van der Waals surface area (Å²) in [6.07, 6.45) is 4.68. The fraction of sp³-hybridized carbons (Fsp3) is 0. The zero-order valence-corrected chi connectivity index (χ0v) is 15.0. The van der Waals surface area contributed by atoms with Gasteiger partial charge in [-0.15, -0.1) is 0 Å². The molecule has 0 radical (unpaired) electrons. The number of aromatic nitrogens is 1. The highest BCUT2D eigenvalue weighted by molar-refractivity contribution is 6.09. The minimum Gasteiger partial charge on any atom is -0.321 e. The Hall–Kier alpha value is -4.40. The number of hydrogen-bond donors (Lipinski definition) is 2. The number of nitro groups is 1. The molecule has 9 heteroatoms. The van der Waals surface area contributed by atoms with Crippen LogP contribution in [0, 0.1) is 10.1 Å². The quantitative estimate of drug-likeness (QED) is 0.381. The maximum Gasteiger partial charge on any atom is 0.273 e. The van der Waals surface area contributed by atoms with Crippen LogP contribution in [0.1, 0.15) is 26.3 Å². The molecule has 0 aliphatic heterocycles. The van der Waals surface area contributed by atoms with E-state index in [1.807, 2.05) is 0 Å². The smallest absolute Gasteiger partial charge is 0.273 e. The summed E-state index contributed by atoms with van der Waals surface area (Å²) in [5.41, 5.74) is 3.78. The fourth-order valence-electron chi connectivity index (χ4n) is 2.39. The van der Waals surface area contributed by atoms with Crippen molar-refractivity contribution in [1.29, 1.82) is 0 Å². The Morgan fingerprint density at radius 1 is 0.966 bits per heavy atom. The average Bonchev–Trinajstić information content (AvgIpc) is 2.75. The van der Waals surface area contributed by atoms with E-state index < -0.39 is 16.7 Å². The molecule has 144 valence electrons. The minimum absolute atomic E-state index is 0.117. The van der Waals surface area contributed by atoms with E-state index >= 15 is 0 Å². The Bertz CT molecular complexity index is 1070. The van der Waals surface area contributed by atoms with Gasteiger partial charge in [0.15, 0.2) is 0 Å². The molecule has 0 aliphatic carbocycles. The minimum atomic E-state index is -0.548. The molecular formula is C20H15N5O4. The highest BCUT2D eigenvalue weighted by atomic mass is 16.6. The third-order valence-corrected chi connectivity index (χ3v) is 3.85. The van der Waals surface area contributed by atoms with Gasteiger partial charge < -0.3 is 5.32 Å². The van der Waals surface area contributed by atoms with Crippen LogP contribution in [0.5, 0.6) is 0 Å². The molecule has 0 bridgehead atoms. The first-order valence-corrected chi connectivity index (χ1v) is 8.43. The van der Waals surface area contributed by atoms with Gasteiger partial charge in [0.05, 0.1) is 22.4 Å². The van der Waals surface area contributed by atoms with Gasteiger partial charge in [0.2, 0.25) is 0 Å². The molecule has 1 heterocycles. The standard InChI is InChI=1S/C20H15N5O4/c26-19(15-5-7-16(8-6-15)25(28)29)23-18-4-2-1-3-17(18)20(27)24-22-13-14-9-11-21-12-10-14/h1-13H,(H,23,26)(H,24,27)/b22-13+. The summed E-state index contributed by atoms with van der Waals surface area (Å²) >= 11 is 0. The fourth-order valence-corrected chi connectivity index (χ4v) is 2.39. The molecule has 9 nitrogen and oxygen atoms in total. The van der Waals surface area contributed by atoms with Gasteiger partial charge in [0, 0.05) is 30.1 Å². The molecule has 1 aromatic heterocycles. The maximum absolute atomic E-state index is 12.4. The van der Waals surface area contributed by atoms with Crippen LogP contribution in [-0.2, 0) is 0 Å². The molecular weight excluding hydrogens is 374 g/mol. The van der Waals surface area contributed by atoms with E-state index in [2.05, 4.69) is 20.8 Å². The van der Waals surface area contributed by atoms with Crippen molar-refractivity contribution in [3.8, 4) is 0 Å². The van der Waals surface area contributed by atoms with Crippen molar-refractivity contribution in [3.05, 3.63) is 99.9 Å². The molecule has 0 fully saturated rings. The van der Waals surface area contributed by atoms with Crippen LogP contribution < -0.4 is 10.7 Å². The number of hydrazone groups is 1. The van der Waals surface area contributed by atoms with E-state index in [4.69, 9.17) is 0 Å². The number of non-ortho nitro benzene ring substituents is 1. The number of para-hydroxylation sites is 1. The number of nitrogens with one attached hydrogen (secondary N) is 2. The highest BCUT2D eigenvalue weighted by Gasteiger charge is 2.14. The lowest BCUT2D eigenvalue weighted by atomic mass is 10.1.